The highest BCUT2D eigenvalue weighted by Gasteiger charge is 2.09. The van der Waals surface area contributed by atoms with E-state index >= 15 is 0 Å². The maximum Gasteiger partial charge on any atom is 0.373 e. The molecule has 0 saturated carbocycles. The van der Waals surface area contributed by atoms with E-state index in [1.54, 1.807) is 13.8 Å². The minimum Gasteiger partial charge on any atom is -0.502 e. The van der Waals surface area contributed by atoms with Gasteiger partial charge in [0.2, 0.25) is 11.5 Å². The monoisotopic (exact) mass is 230 g/mol. The van der Waals surface area contributed by atoms with E-state index < -0.39 is 23.5 Å². The number of rotatable bonds is 5. The molecule has 0 aliphatic heterocycles. The lowest BCUT2D eigenvalue weighted by molar-refractivity contribution is -0.142. The lowest BCUT2D eigenvalue weighted by Gasteiger charge is -2.00. The summed E-state index contributed by atoms with van der Waals surface area (Å²) in [6.45, 7) is 3.39. The molecule has 6 heteroatoms. The van der Waals surface area contributed by atoms with Crippen molar-refractivity contribution in [2.24, 2.45) is 0 Å². The van der Waals surface area contributed by atoms with Crippen molar-refractivity contribution >= 4 is 11.9 Å². The number of hydrogen-bond acceptors (Lipinski definition) is 6. The second-order valence-electron chi connectivity index (χ2n) is 2.54. The molecular formula is C10H14O6. The maximum absolute atomic E-state index is 10.9. The van der Waals surface area contributed by atoms with E-state index in [9.17, 15) is 9.59 Å². The van der Waals surface area contributed by atoms with Gasteiger partial charge < -0.3 is 19.7 Å². The van der Waals surface area contributed by atoms with Crippen LogP contribution >= 0.6 is 0 Å². The van der Waals surface area contributed by atoms with Crippen LogP contribution in [0.3, 0.4) is 0 Å². The van der Waals surface area contributed by atoms with Crippen LogP contribution in [-0.2, 0) is 19.1 Å². The molecule has 0 amide bonds. The molecule has 0 saturated heterocycles. The summed E-state index contributed by atoms with van der Waals surface area (Å²) in [7, 11) is 0. The molecule has 0 bridgehead atoms. The first kappa shape index (κ1) is 14.0. The number of allylic oxidation sites excluding steroid dienone is 2. The normalized spacial score (nSPS) is 12.1. The first-order valence-electron chi connectivity index (χ1n) is 4.67. The Morgan fingerprint density at radius 1 is 0.938 bits per heavy atom. The number of ether oxygens (including phenoxy) is 2. The van der Waals surface area contributed by atoms with E-state index in [0.29, 0.717) is 0 Å². The van der Waals surface area contributed by atoms with Crippen LogP contribution in [0, 0.1) is 0 Å². The summed E-state index contributed by atoms with van der Waals surface area (Å²) in [6, 6.07) is 0. The summed E-state index contributed by atoms with van der Waals surface area (Å²) in [6.07, 6.45) is 1.70. The summed E-state index contributed by atoms with van der Waals surface area (Å²) < 4.78 is 8.92. The molecule has 6 nitrogen and oxygen atoms in total. The van der Waals surface area contributed by atoms with Crippen LogP contribution in [0.5, 0.6) is 0 Å². The van der Waals surface area contributed by atoms with E-state index in [1.165, 1.54) is 0 Å². The van der Waals surface area contributed by atoms with Gasteiger partial charge in [-0.2, -0.15) is 0 Å². The van der Waals surface area contributed by atoms with Gasteiger partial charge in [0.05, 0.1) is 13.2 Å². The summed E-state index contributed by atoms with van der Waals surface area (Å²) in [5, 5.41) is 18.2. The number of carbonyl (C=O) groups excluding carboxylic acids is 2. The molecule has 0 rings (SSSR count). The van der Waals surface area contributed by atoms with Crippen molar-refractivity contribution in [3.8, 4) is 0 Å². The minimum atomic E-state index is -0.935. The van der Waals surface area contributed by atoms with Gasteiger partial charge in [0.1, 0.15) is 0 Å². The average Bonchev–Trinajstić information content (AvgIpc) is 2.25. The van der Waals surface area contributed by atoms with Crippen molar-refractivity contribution < 1.29 is 29.3 Å². The lowest BCUT2D eigenvalue weighted by Crippen LogP contribution is -2.08. The predicted octanol–water partition coefficient (Wildman–Crippen LogP) is 0.996. The number of aliphatic hydroxyl groups excluding tert-OH is 2. The van der Waals surface area contributed by atoms with Gasteiger partial charge in [-0.15, -0.1) is 0 Å². The molecule has 0 radical (unpaired) electrons. The molecule has 16 heavy (non-hydrogen) atoms. The van der Waals surface area contributed by atoms with Crippen LogP contribution in [-0.4, -0.2) is 35.4 Å². The van der Waals surface area contributed by atoms with Gasteiger partial charge in [-0.3, -0.25) is 0 Å². The SMILES string of the molecule is CCOC(=O)/C(O)=C/C=C(\O)C(=O)OCC. The number of esters is 2. The minimum absolute atomic E-state index is 0.115. The first-order chi connectivity index (χ1) is 7.52. The molecular weight excluding hydrogens is 216 g/mol. The largest absolute Gasteiger partial charge is 0.502 e. The Kier molecular flexibility index (Phi) is 6.42. The Morgan fingerprint density at radius 3 is 1.50 bits per heavy atom. The molecule has 0 spiro atoms. The Labute approximate surface area is 92.8 Å². The van der Waals surface area contributed by atoms with Gasteiger partial charge in [0.15, 0.2) is 0 Å². The van der Waals surface area contributed by atoms with E-state index in [1.807, 2.05) is 0 Å². The zero-order valence-electron chi connectivity index (χ0n) is 9.10. The van der Waals surface area contributed by atoms with Crippen molar-refractivity contribution in [2.75, 3.05) is 13.2 Å². The number of aliphatic hydroxyl groups is 2. The second-order valence-corrected chi connectivity index (χ2v) is 2.54. The summed E-state index contributed by atoms with van der Waals surface area (Å²) in [5.41, 5.74) is 0. The van der Waals surface area contributed by atoms with Crippen LogP contribution in [0.25, 0.3) is 0 Å². The van der Waals surface area contributed by atoms with E-state index in [0.717, 1.165) is 12.2 Å². The number of hydrogen-bond donors (Lipinski definition) is 2. The fourth-order valence-electron chi connectivity index (χ4n) is 0.704. The molecule has 2 N–H and O–H groups in total. The Bertz CT molecular complexity index is 283. The topological polar surface area (TPSA) is 93.1 Å². The van der Waals surface area contributed by atoms with Crippen LogP contribution < -0.4 is 0 Å². The summed E-state index contributed by atoms with van der Waals surface area (Å²) in [5.74, 6) is -3.29. The van der Waals surface area contributed by atoms with Crippen LogP contribution in [0.2, 0.25) is 0 Å². The zero-order chi connectivity index (χ0) is 12.6. The highest BCUT2D eigenvalue weighted by Crippen LogP contribution is 1.98. The van der Waals surface area contributed by atoms with Crippen LogP contribution in [0.4, 0.5) is 0 Å². The fraction of sp³-hybridized carbons (Fsp3) is 0.400. The van der Waals surface area contributed by atoms with Gasteiger partial charge in [-0.25, -0.2) is 9.59 Å². The highest BCUT2D eigenvalue weighted by atomic mass is 16.5. The standard InChI is InChI=1S/C10H14O6/c1-3-15-9(13)7(11)5-6-8(12)10(14)16-4-2/h5-6,11-12H,3-4H2,1-2H3/b7-5-,8-6-. The Hall–Kier alpha value is -1.98. The van der Waals surface area contributed by atoms with E-state index in [4.69, 9.17) is 10.2 Å². The number of carbonyl (C=O) groups is 2. The molecule has 0 heterocycles. The summed E-state index contributed by atoms with van der Waals surface area (Å²) >= 11 is 0. The Morgan fingerprint density at radius 2 is 1.25 bits per heavy atom. The van der Waals surface area contributed by atoms with E-state index in [2.05, 4.69) is 9.47 Å². The Balaban J connectivity index is 4.48. The smallest absolute Gasteiger partial charge is 0.373 e. The molecule has 0 aromatic carbocycles. The fourth-order valence-corrected chi connectivity index (χ4v) is 0.704. The zero-order valence-corrected chi connectivity index (χ0v) is 9.10. The van der Waals surface area contributed by atoms with Crippen molar-refractivity contribution in [3.05, 3.63) is 23.7 Å². The maximum atomic E-state index is 10.9. The third-order valence-electron chi connectivity index (χ3n) is 1.37. The van der Waals surface area contributed by atoms with E-state index in [-0.39, 0.29) is 13.2 Å². The van der Waals surface area contributed by atoms with Gasteiger partial charge in [0.25, 0.3) is 0 Å². The molecule has 0 fully saturated rings. The highest BCUT2D eigenvalue weighted by molar-refractivity contribution is 5.88. The molecule has 0 aliphatic rings. The summed E-state index contributed by atoms with van der Waals surface area (Å²) in [4.78, 5) is 21.8. The van der Waals surface area contributed by atoms with Gasteiger partial charge >= 0.3 is 11.9 Å². The molecule has 0 aliphatic carbocycles. The third kappa shape index (κ3) is 5.04. The van der Waals surface area contributed by atoms with Gasteiger partial charge in [-0.1, -0.05) is 0 Å². The lowest BCUT2D eigenvalue weighted by atomic mass is 10.3. The first-order valence-corrected chi connectivity index (χ1v) is 4.67. The third-order valence-corrected chi connectivity index (χ3v) is 1.37. The van der Waals surface area contributed by atoms with Crippen LogP contribution in [0.15, 0.2) is 23.7 Å². The molecule has 0 aromatic heterocycles. The van der Waals surface area contributed by atoms with Crippen molar-refractivity contribution in [3.63, 3.8) is 0 Å². The van der Waals surface area contributed by atoms with Crippen molar-refractivity contribution in [1.82, 2.24) is 0 Å². The molecule has 0 aromatic rings. The predicted molar refractivity (Wildman–Crippen MR) is 54.7 cm³/mol. The van der Waals surface area contributed by atoms with Gasteiger partial charge in [-0.05, 0) is 26.0 Å². The van der Waals surface area contributed by atoms with Crippen LogP contribution in [0.1, 0.15) is 13.8 Å². The molecule has 0 unspecified atom stereocenters. The van der Waals surface area contributed by atoms with Crippen molar-refractivity contribution in [1.29, 1.82) is 0 Å². The average molecular weight is 230 g/mol. The molecule has 90 valence electrons. The quantitative estimate of drug-likeness (QED) is 0.317. The van der Waals surface area contributed by atoms with Crippen molar-refractivity contribution in [2.45, 2.75) is 13.8 Å². The second kappa shape index (κ2) is 7.33. The van der Waals surface area contributed by atoms with Gasteiger partial charge in [0, 0.05) is 0 Å². The molecule has 0 atom stereocenters.